The topological polar surface area (TPSA) is 26.3 Å². The molecule has 33 heavy (non-hydrogen) atoms. The smallest absolute Gasteiger partial charge is 0.334 e. The Hall–Kier alpha value is -3.00. The molecule has 0 radical (unpaired) electrons. The average molecular weight is 517 g/mol. The molecule has 4 heteroatoms. The molecular formula is C29H26BrO2P. The summed E-state index contributed by atoms with van der Waals surface area (Å²) in [5, 5.41) is 4.56. The first-order valence-electron chi connectivity index (χ1n) is 10.8. The Labute approximate surface area is 207 Å². The Balaban J connectivity index is 0.00000306. The normalized spacial score (nSPS) is 11.4. The van der Waals surface area contributed by atoms with Crippen LogP contribution >= 0.6 is 7.26 Å². The second-order valence-corrected chi connectivity index (χ2v) is 10.7. The highest BCUT2D eigenvalue weighted by Gasteiger charge is 2.50. The van der Waals surface area contributed by atoms with Gasteiger partial charge in [0.25, 0.3) is 0 Å². The number of ether oxygens (including phenoxy) is 1. The molecule has 4 rings (SSSR count). The van der Waals surface area contributed by atoms with E-state index in [1.807, 2.05) is 43.3 Å². The number of halogens is 1. The summed E-state index contributed by atoms with van der Waals surface area (Å²) in [7, 11) is -2.40. The molecule has 0 heterocycles. The zero-order valence-electron chi connectivity index (χ0n) is 18.5. The Morgan fingerprint density at radius 2 is 1.03 bits per heavy atom. The first kappa shape index (κ1) is 24.6. The summed E-state index contributed by atoms with van der Waals surface area (Å²) in [6, 6.07) is 41.8. The molecule has 0 unspecified atom stereocenters. The van der Waals surface area contributed by atoms with Crippen molar-refractivity contribution in [3.8, 4) is 0 Å². The van der Waals surface area contributed by atoms with Gasteiger partial charge in [0.05, 0.1) is 12.7 Å². The van der Waals surface area contributed by atoms with Crippen LogP contribution in [0.1, 0.15) is 12.5 Å². The zero-order chi connectivity index (χ0) is 22.2. The van der Waals surface area contributed by atoms with Crippen LogP contribution in [0.25, 0.3) is 5.31 Å². The van der Waals surface area contributed by atoms with Crippen molar-refractivity contribution in [3.63, 3.8) is 0 Å². The number of benzene rings is 4. The fourth-order valence-electron chi connectivity index (χ4n) is 4.10. The summed E-state index contributed by atoms with van der Waals surface area (Å²) in [5.74, 6) is -0.321. The van der Waals surface area contributed by atoms with E-state index in [0.29, 0.717) is 6.61 Å². The largest absolute Gasteiger partial charge is 1.00 e. The fourth-order valence-corrected chi connectivity index (χ4v) is 8.52. The molecule has 0 N–H and O–H groups in total. The third-order valence-corrected chi connectivity index (χ3v) is 9.73. The lowest BCUT2D eigenvalue weighted by atomic mass is 10.2. The van der Waals surface area contributed by atoms with Gasteiger partial charge in [0.1, 0.15) is 28.5 Å². The molecule has 0 saturated carbocycles. The number of carbonyl (C=O) groups is 1. The average Bonchev–Trinajstić information content (AvgIpc) is 2.86. The highest BCUT2D eigenvalue weighted by molar-refractivity contribution is 8.03. The number of hydrogen-bond acceptors (Lipinski definition) is 2. The van der Waals surface area contributed by atoms with Gasteiger partial charge in [-0.2, -0.15) is 0 Å². The first-order valence-corrected chi connectivity index (χ1v) is 12.6. The van der Waals surface area contributed by atoms with Crippen molar-refractivity contribution < 1.29 is 26.5 Å². The van der Waals surface area contributed by atoms with E-state index in [4.69, 9.17) is 4.74 Å². The molecule has 0 aliphatic carbocycles. The van der Waals surface area contributed by atoms with Gasteiger partial charge in [-0.3, -0.25) is 0 Å². The summed E-state index contributed by atoms with van der Waals surface area (Å²) in [6.45, 7) is 2.17. The Kier molecular flexibility index (Phi) is 8.77. The molecule has 0 aromatic heterocycles. The third kappa shape index (κ3) is 5.16. The minimum Gasteiger partial charge on any atom is -1.00 e. The van der Waals surface area contributed by atoms with E-state index < -0.39 is 7.26 Å². The predicted octanol–water partition coefficient (Wildman–Crippen LogP) is 2.59. The Bertz CT molecular complexity index is 1080. The van der Waals surface area contributed by atoms with Crippen LogP contribution in [0, 0.1) is 0 Å². The van der Waals surface area contributed by atoms with Gasteiger partial charge >= 0.3 is 5.97 Å². The highest BCUT2D eigenvalue weighted by atomic mass is 79.9. The highest BCUT2D eigenvalue weighted by Crippen LogP contribution is 2.66. The van der Waals surface area contributed by atoms with Crippen molar-refractivity contribution in [2.75, 3.05) is 6.61 Å². The second-order valence-electron chi connectivity index (χ2n) is 7.33. The number of hydrogen-bond donors (Lipinski definition) is 0. The third-order valence-electron chi connectivity index (χ3n) is 5.40. The molecule has 0 fully saturated rings. The molecule has 166 valence electrons. The van der Waals surface area contributed by atoms with Crippen LogP contribution in [0.15, 0.2) is 127 Å². The molecule has 4 aromatic carbocycles. The van der Waals surface area contributed by atoms with Gasteiger partial charge in [0.2, 0.25) is 0 Å². The van der Waals surface area contributed by atoms with Crippen molar-refractivity contribution >= 4 is 34.5 Å². The van der Waals surface area contributed by atoms with Crippen molar-refractivity contribution in [3.05, 3.63) is 133 Å². The van der Waals surface area contributed by atoms with E-state index in [1.54, 1.807) is 6.08 Å². The van der Waals surface area contributed by atoms with Crippen molar-refractivity contribution in [1.82, 2.24) is 0 Å². The van der Waals surface area contributed by atoms with Crippen molar-refractivity contribution in [2.45, 2.75) is 6.92 Å². The van der Waals surface area contributed by atoms with Crippen LogP contribution in [0.5, 0.6) is 0 Å². The molecule has 0 atom stereocenters. The SMILES string of the molecule is CCOC(=O)/C=C(\c1ccccc1)[P+](c1ccccc1)(c1ccccc1)c1ccccc1.[Br-]. The minimum atomic E-state index is -2.40. The summed E-state index contributed by atoms with van der Waals surface area (Å²) in [5.41, 5.74) is 1.02. The van der Waals surface area contributed by atoms with Gasteiger partial charge in [-0.15, -0.1) is 0 Å². The molecule has 0 saturated heterocycles. The number of esters is 1. The van der Waals surface area contributed by atoms with E-state index in [2.05, 4.69) is 84.9 Å². The Morgan fingerprint density at radius 3 is 1.39 bits per heavy atom. The zero-order valence-corrected chi connectivity index (χ0v) is 21.0. The monoisotopic (exact) mass is 516 g/mol. The number of carbonyl (C=O) groups excluding carboxylic acids is 1. The fraction of sp³-hybridized carbons (Fsp3) is 0.0690. The lowest BCUT2D eigenvalue weighted by Gasteiger charge is -2.29. The van der Waals surface area contributed by atoms with Gasteiger partial charge in [-0.25, -0.2) is 4.79 Å². The van der Waals surface area contributed by atoms with Crippen LogP contribution in [0.2, 0.25) is 0 Å². The quantitative estimate of drug-likeness (QED) is 0.214. The minimum absolute atomic E-state index is 0. The lowest BCUT2D eigenvalue weighted by Crippen LogP contribution is -3.00. The molecule has 0 aliphatic heterocycles. The van der Waals surface area contributed by atoms with E-state index in [0.717, 1.165) is 10.9 Å². The van der Waals surface area contributed by atoms with Gasteiger partial charge in [-0.05, 0) is 43.3 Å². The summed E-state index contributed by atoms with van der Waals surface area (Å²) < 4.78 is 5.40. The summed E-state index contributed by atoms with van der Waals surface area (Å²) in [6.07, 6.45) is 1.71. The van der Waals surface area contributed by atoms with Crippen molar-refractivity contribution in [1.29, 1.82) is 0 Å². The van der Waals surface area contributed by atoms with Crippen LogP contribution in [-0.2, 0) is 9.53 Å². The molecule has 2 nitrogen and oxygen atoms in total. The molecule has 0 amide bonds. The van der Waals surface area contributed by atoms with Gasteiger partial charge in [-0.1, -0.05) is 84.9 Å². The molecular weight excluding hydrogens is 491 g/mol. The van der Waals surface area contributed by atoms with Gasteiger partial charge in [0, 0.05) is 5.56 Å². The van der Waals surface area contributed by atoms with Crippen molar-refractivity contribution in [2.24, 2.45) is 0 Å². The van der Waals surface area contributed by atoms with Crippen LogP contribution in [-0.4, -0.2) is 12.6 Å². The van der Waals surface area contributed by atoms with Gasteiger partial charge in [0.15, 0.2) is 0 Å². The molecule has 4 aromatic rings. The maximum Gasteiger partial charge on any atom is 0.334 e. The second kappa shape index (κ2) is 11.7. The maximum absolute atomic E-state index is 12.9. The summed E-state index contributed by atoms with van der Waals surface area (Å²) >= 11 is 0. The van der Waals surface area contributed by atoms with E-state index in [1.165, 1.54) is 15.9 Å². The standard InChI is InChI=1S/C29H26O2P.BrH/c1-2-31-29(30)23-28(24-15-7-3-8-16-24)32(25-17-9-4-10-18-25,26-19-11-5-12-20-26)27-21-13-6-14-22-27;/h3-23H,2H2,1H3;1H/q+1;/p-1/b28-23+;. The maximum atomic E-state index is 12.9. The van der Waals surface area contributed by atoms with Crippen LogP contribution < -0.4 is 32.9 Å². The van der Waals surface area contributed by atoms with E-state index in [-0.39, 0.29) is 23.0 Å². The van der Waals surface area contributed by atoms with Crippen LogP contribution in [0.4, 0.5) is 0 Å². The molecule has 0 spiro atoms. The first-order chi connectivity index (χ1) is 15.8. The summed E-state index contributed by atoms with van der Waals surface area (Å²) in [4.78, 5) is 12.9. The molecule has 0 bridgehead atoms. The van der Waals surface area contributed by atoms with Crippen LogP contribution in [0.3, 0.4) is 0 Å². The Morgan fingerprint density at radius 1 is 0.667 bits per heavy atom. The predicted molar refractivity (Wildman–Crippen MR) is 136 cm³/mol. The van der Waals surface area contributed by atoms with E-state index >= 15 is 0 Å². The molecule has 0 aliphatic rings. The lowest BCUT2D eigenvalue weighted by molar-refractivity contribution is -0.137. The number of rotatable bonds is 7. The van der Waals surface area contributed by atoms with Gasteiger partial charge < -0.3 is 21.7 Å². The van der Waals surface area contributed by atoms with E-state index in [9.17, 15) is 4.79 Å².